The van der Waals surface area contributed by atoms with Crippen LogP contribution < -0.4 is 10.1 Å². The van der Waals surface area contributed by atoms with Gasteiger partial charge in [0.15, 0.2) is 6.17 Å². The number of halogens is 2. The summed E-state index contributed by atoms with van der Waals surface area (Å²) in [5.74, 6) is -0.344. The summed E-state index contributed by atoms with van der Waals surface area (Å²) in [6, 6.07) is 4.57. The molecule has 3 rings (SSSR count). The Morgan fingerprint density at radius 2 is 2.03 bits per heavy atom. The zero-order valence-electron chi connectivity index (χ0n) is 19.9. The molecule has 0 aliphatic carbocycles. The summed E-state index contributed by atoms with van der Waals surface area (Å²) in [5, 5.41) is 21.9. The van der Waals surface area contributed by atoms with Crippen LogP contribution in [0.2, 0.25) is 0 Å². The van der Waals surface area contributed by atoms with Crippen LogP contribution in [0.25, 0.3) is 17.0 Å². The van der Waals surface area contributed by atoms with Crippen molar-refractivity contribution in [2.24, 2.45) is 4.99 Å². The van der Waals surface area contributed by atoms with Gasteiger partial charge in [0.1, 0.15) is 29.1 Å². The van der Waals surface area contributed by atoms with Gasteiger partial charge < -0.3 is 15.2 Å². The highest BCUT2D eigenvalue weighted by molar-refractivity contribution is 6.10. The lowest BCUT2D eigenvalue weighted by molar-refractivity contribution is -0.0281. The SMILES string of the molecule is CC/C(F)=C(\C=NC)c1cnc(-c2ccc(O[C@H]3CC(C)(C)NC(C)(C)[C@H]3F)nn2)c(O)c1. The van der Waals surface area contributed by atoms with E-state index in [-0.39, 0.29) is 40.7 Å². The van der Waals surface area contributed by atoms with E-state index in [4.69, 9.17) is 4.74 Å². The summed E-state index contributed by atoms with van der Waals surface area (Å²) in [4.78, 5) is 8.11. The predicted molar refractivity (Wildman–Crippen MR) is 125 cm³/mol. The summed E-state index contributed by atoms with van der Waals surface area (Å²) in [5.41, 5.74) is 0.116. The number of aliphatic imine (C=N–C) groups is 1. The number of allylic oxidation sites excluding steroid dienone is 2. The fraction of sp³-hybridized carbons (Fsp3) is 0.500. The maximum Gasteiger partial charge on any atom is 0.233 e. The van der Waals surface area contributed by atoms with E-state index in [1.54, 1.807) is 40.0 Å². The van der Waals surface area contributed by atoms with Crippen LogP contribution in [0.1, 0.15) is 53.0 Å². The molecule has 0 unspecified atom stereocenters. The van der Waals surface area contributed by atoms with Crippen molar-refractivity contribution < 1.29 is 18.6 Å². The third kappa shape index (κ3) is 5.52. The number of hydrogen-bond donors (Lipinski definition) is 2. The molecule has 2 aromatic rings. The lowest BCUT2D eigenvalue weighted by Gasteiger charge is -2.48. The van der Waals surface area contributed by atoms with Gasteiger partial charge in [0, 0.05) is 54.2 Å². The van der Waals surface area contributed by atoms with Crippen molar-refractivity contribution in [1.82, 2.24) is 20.5 Å². The number of hydrogen-bond acceptors (Lipinski definition) is 7. The zero-order valence-corrected chi connectivity index (χ0v) is 19.9. The molecule has 178 valence electrons. The number of rotatable bonds is 6. The fourth-order valence-electron chi connectivity index (χ4n) is 4.25. The van der Waals surface area contributed by atoms with Crippen LogP contribution in [0.15, 0.2) is 35.2 Å². The smallest absolute Gasteiger partial charge is 0.233 e. The molecule has 2 N–H and O–H groups in total. The van der Waals surface area contributed by atoms with E-state index in [2.05, 4.69) is 25.5 Å². The van der Waals surface area contributed by atoms with Crippen LogP contribution in [0.4, 0.5) is 8.78 Å². The normalized spacial score (nSPS) is 22.8. The van der Waals surface area contributed by atoms with E-state index >= 15 is 0 Å². The molecular weight excluding hydrogens is 428 g/mol. The molecule has 1 saturated heterocycles. The first-order valence-corrected chi connectivity index (χ1v) is 10.9. The molecular formula is C24H31F2N5O2. The summed E-state index contributed by atoms with van der Waals surface area (Å²) in [7, 11) is 1.54. The summed E-state index contributed by atoms with van der Waals surface area (Å²) < 4.78 is 35.0. The van der Waals surface area contributed by atoms with Crippen molar-refractivity contribution in [2.45, 2.75) is 70.8 Å². The van der Waals surface area contributed by atoms with Crippen molar-refractivity contribution >= 4 is 11.8 Å². The lowest BCUT2D eigenvalue weighted by atomic mass is 9.79. The molecule has 0 aromatic carbocycles. The number of pyridine rings is 1. The minimum absolute atomic E-state index is 0.174. The second-order valence-electron chi connectivity index (χ2n) is 9.40. The van der Waals surface area contributed by atoms with E-state index in [1.807, 2.05) is 13.8 Å². The number of nitrogens with one attached hydrogen (secondary N) is 1. The van der Waals surface area contributed by atoms with Gasteiger partial charge in [-0.05, 0) is 46.2 Å². The van der Waals surface area contributed by atoms with Gasteiger partial charge in [-0.2, -0.15) is 0 Å². The highest BCUT2D eigenvalue weighted by Gasteiger charge is 2.47. The third-order valence-electron chi connectivity index (χ3n) is 5.58. The zero-order chi connectivity index (χ0) is 24.4. The van der Waals surface area contributed by atoms with E-state index in [9.17, 15) is 13.9 Å². The number of piperidine rings is 1. The standard InChI is InChI=1S/C24H31F2N5O2/c1-7-16(25)15(13-27-6)14-10-18(32)21(28-12-14)17-8-9-20(30-29-17)33-19-11-23(2,3)31-24(4,5)22(19)26/h8-10,12-13,19,22,31-32H,7,11H2,1-6H3/b16-15-,27-13?/t19-,22-/m0/s1. The Labute approximate surface area is 193 Å². The van der Waals surface area contributed by atoms with Gasteiger partial charge >= 0.3 is 0 Å². The number of ether oxygens (including phenoxy) is 1. The van der Waals surface area contributed by atoms with E-state index in [1.165, 1.54) is 18.5 Å². The van der Waals surface area contributed by atoms with Gasteiger partial charge in [-0.1, -0.05) is 6.92 Å². The first kappa shape index (κ1) is 24.7. The molecule has 0 spiro atoms. The monoisotopic (exact) mass is 459 g/mol. The summed E-state index contributed by atoms with van der Waals surface area (Å²) in [6.07, 6.45) is 1.59. The highest BCUT2D eigenvalue weighted by Crippen LogP contribution is 2.34. The molecule has 1 aliphatic heterocycles. The highest BCUT2D eigenvalue weighted by atomic mass is 19.1. The predicted octanol–water partition coefficient (Wildman–Crippen LogP) is 4.67. The first-order chi connectivity index (χ1) is 15.5. The second-order valence-corrected chi connectivity index (χ2v) is 9.40. The summed E-state index contributed by atoms with van der Waals surface area (Å²) >= 11 is 0. The van der Waals surface area contributed by atoms with Gasteiger partial charge in [-0.25, -0.2) is 13.8 Å². The Morgan fingerprint density at radius 3 is 2.61 bits per heavy atom. The van der Waals surface area contributed by atoms with Crippen LogP contribution in [0.3, 0.4) is 0 Å². The number of alkyl halides is 1. The molecule has 0 amide bonds. The largest absolute Gasteiger partial charge is 0.506 e. The van der Waals surface area contributed by atoms with Crippen molar-refractivity contribution in [3.8, 4) is 23.0 Å². The molecule has 2 atom stereocenters. The van der Waals surface area contributed by atoms with Gasteiger partial charge in [0.25, 0.3) is 0 Å². The topological polar surface area (TPSA) is 92.5 Å². The Bertz CT molecular complexity index is 1050. The Balaban J connectivity index is 1.82. The van der Waals surface area contributed by atoms with Gasteiger partial charge in [-0.3, -0.25) is 4.99 Å². The third-order valence-corrected chi connectivity index (χ3v) is 5.58. The molecule has 1 aliphatic rings. The Morgan fingerprint density at radius 1 is 1.30 bits per heavy atom. The maximum atomic E-state index is 15.0. The van der Waals surface area contributed by atoms with Gasteiger partial charge in [0.2, 0.25) is 5.88 Å². The van der Waals surface area contributed by atoms with E-state index < -0.39 is 17.8 Å². The molecule has 33 heavy (non-hydrogen) atoms. The lowest BCUT2D eigenvalue weighted by Crippen LogP contribution is -2.66. The van der Waals surface area contributed by atoms with Gasteiger partial charge in [0.05, 0.1) is 0 Å². The Hall–Kier alpha value is -2.94. The molecule has 9 heteroatoms. The van der Waals surface area contributed by atoms with Crippen LogP contribution in [-0.2, 0) is 0 Å². The molecule has 2 aromatic heterocycles. The van der Waals surface area contributed by atoms with Crippen molar-refractivity contribution in [3.63, 3.8) is 0 Å². The molecule has 0 bridgehead atoms. The van der Waals surface area contributed by atoms with Crippen molar-refractivity contribution in [3.05, 3.63) is 35.8 Å². The van der Waals surface area contributed by atoms with E-state index in [0.717, 1.165) is 0 Å². The quantitative estimate of drug-likeness (QED) is 0.610. The first-order valence-electron chi connectivity index (χ1n) is 10.9. The van der Waals surface area contributed by atoms with Crippen LogP contribution >= 0.6 is 0 Å². The average Bonchev–Trinajstić information content (AvgIpc) is 2.75. The summed E-state index contributed by atoms with van der Waals surface area (Å²) in [6.45, 7) is 9.31. The second kappa shape index (κ2) is 9.51. The molecule has 1 fully saturated rings. The van der Waals surface area contributed by atoms with Crippen molar-refractivity contribution in [2.75, 3.05) is 7.05 Å². The minimum Gasteiger partial charge on any atom is -0.506 e. The van der Waals surface area contributed by atoms with Gasteiger partial charge in [-0.15, -0.1) is 10.2 Å². The Kier molecular flexibility index (Phi) is 7.11. The van der Waals surface area contributed by atoms with Crippen molar-refractivity contribution in [1.29, 1.82) is 0 Å². The molecule has 0 saturated carbocycles. The van der Waals surface area contributed by atoms with E-state index in [0.29, 0.717) is 17.7 Å². The molecule has 0 radical (unpaired) electrons. The number of aromatic hydroxyl groups is 1. The minimum atomic E-state index is -1.23. The number of aromatic nitrogens is 3. The fourth-order valence-corrected chi connectivity index (χ4v) is 4.25. The molecule has 3 heterocycles. The maximum absolute atomic E-state index is 15.0. The average molecular weight is 460 g/mol. The molecule has 7 nitrogen and oxygen atoms in total. The number of nitrogens with zero attached hydrogens (tertiary/aromatic N) is 4. The van der Waals surface area contributed by atoms with Crippen LogP contribution in [0.5, 0.6) is 11.6 Å². The van der Waals surface area contributed by atoms with Crippen LogP contribution in [0, 0.1) is 0 Å². The van der Waals surface area contributed by atoms with Crippen LogP contribution in [-0.4, -0.2) is 56.9 Å².